The number of hydrogen-bond acceptors (Lipinski definition) is 4. The van der Waals surface area contributed by atoms with Gasteiger partial charge in [0.1, 0.15) is 11.6 Å². The topological polar surface area (TPSA) is 64.6 Å². The number of esters is 1. The molecule has 1 atom stereocenters. The molecule has 0 spiro atoms. The van der Waals surface area contributed by atoms with Crippen molar-refractivity contribution >= 4 is 29.2 Å². The standard InChI is InChI=1S/C19H19ClFNO4/c1-12-4-3-5-15(10-12)25-9-8-18(23)26-13(2)19(24)22-17-7-6-14(20)11-16(17)21/h3-7,10-11,13H,8-9H2,1-2H3,(H,22,24)/t13-/m1/s1. The monoisotopic (exact) mass is 379 g/mol. The number of carbonyl (C=O) groups is 2. The van der Waals surface area contributed by atoms with Crippen LogP contribution in [-0.2, 0) is 14.3 Å². The number of carbonyl (C=O) groups excluding carboxylic acids is 2. The summed E-state index contributed by atoms with van der Waals surface area (Å²) in [6, 6.07) is 11.3. The van der Waals surface area contributed by atoms with Crippen LogP contribution in [-0.4, -0.2) is 24.6 Å². The molecule has 2 rings (SSSR count). The molecular formula is C19H19ClFNO4. The first kappa shape index (κ1) is 19.7. The van der Waals surface area contributed by atoms with Crippen LogP contribution in [0.4, 0.5) is 10.1 Å². The van der Waals surface area contributed by atoms with Crippen molar-refractivity contribution in [2.24, 2.45) is 0 Å². The molecule has 0 unspecified atom stereocenters. The average Bonchev–Trinajstić information content (AvgIpc) is 2.57. The fourth-order valence-corrected chi connectivity index (χ4v) is 2.25. The van der Waals surface area contributed by atoms with E-state index in [0.717, 1.165) is 11.6 Å². The van der Waals surface area contributed by atoms with Gasteiger partial charge in [0.25, 0.3) is 5.91 Å². The maximum absolute atomic E-state index is 13.7. The SMILES string of the molecule is Cc1cccc(OCCC(=O)O[C@H](C)C(=O)Nc2ccc(Cl)cc2F)c1. The van der Waals surface area contributed by atoms with Gasteiger partial charge in [-0.15, -0.1) is 0 Å². The second-order valence-electron chi connectivity index (χ2n) is 5.66. The van der Waals surface area contributed by atoms with Gasteiger partial charge in [0.05, 0.1) is 18.7 Å². The summed E-state index contributed by atoms with van der Waals surface area (Å²) in [5.74, 6) is -1.24. The first-order valence-corrected chi connectivity index (χ1v) is 8.38. The predicted octanol–water partition coefficient (Wildman–Crippen LogP) is 4.13. The molecule has 5 nitrogen and oxygen atoms in total. The molecule has 138 valence electrons. The van der Waals surface area contributed by atoms with E-state index in [1.807, 2.05) is 25.1 Å². The molecule has 0 aliphatic rings. The second kappa shape index (κ2) is 9.20. The summed E-state index contributed by atoms with van der Waals surface area (Å²) in [7, 11) is 0. The van der Waals surface area contributed by atoms with E-state index >= 15 is 0 Å². The molecule has 0 radical (unpaired) electrons. The Bertz CT molecular complexity index is 797. The van der Waals surface area contributed by atoms with Gasteiger partial charge in [0, 0.05) is 5.02 Å². The van der Waals surface area contributed by atoms with Crippen molar-refractivity contribution < 1.29 is 23.5 Å². The quantitative estimate of drug-likeness (QED) is 0.735. The van der Waals surface area contributed by atoms with Crippen LogP contribution in [0.5, 0.6) is 5.75 Å². The molecule has 2 aromatic carbocycles. The molecule has 0 saturated carbocycles. The lowest BCUT2D eigenvalue weighted by Crippen LogP contribution is -2.30. The highest BCUT2D eigenvalue weighted by atomic mass is 35.5. The molecule has 0 bridgehead atoms. The van der Waals surface area contributed by atoms with Crippen molar-refractivity contribution in [3.8, 4) is 5.75 Å². The van der Waals surface area contributed by atoms with Gasteiger partial charge >= 0.3 is 5.97 Å². The third kappa shape index (κ3) is 6.04. The van der Waals surface area contributed by atoms with Gasteiger partial charge < -0.3 is 14.8 Å². The maximum Gasteiger partial charge on any atom is 0.310 e. The van der Waals surface area contributed by atoms with Crippen LogP contribution in [0.1, 0.15) is 18.9 Å². The minimum atomic E-state index is -1.07. The third-order valence-corrected chi connectivity index (χ3v) is 3.67. The van der Waals surface area contributed by atoms with Gasteiger partial charge in [-0.2, -0.15) is 0 Å². The molecule has 0 heterocycles. The lowest BCUT2D eigenvalue weighted by atomic mass is 10.2. The largest absolute Gasteiger partial charge is 0.493 e. The van der Waals surface area contributed by atoms with E-state index in [1.54, 1.807) is 6.07 Å². The fraction of sp³-hybridized carbons (Fsp3) is 0.263. The maximum atomic E-state index is 13.7. The van der Waals surface area contributed by atoms with Crippen LogP contribution in [0.15, 0.2) is 42.5 Å². The van der Waals surface area contributed by atoms with E-state index in [1.165, 1.54) is 19.1 Å². The summed E-state index contributed by atoms with van der Waals surface area (Å²) < 4.78 is 24.2. The first-order chi connectivity index (χ1) is 12.3. The fourth-order valence-electron chi connectivity index (χ4n) is 2.09. The minimum Gasteiger partial charge on any atom is -0.493 e. The van der Waals surface area contributed by atoms with Gasteiger partial charge in [-0.25, -0.2) is 4.39 Å². The van der Waals surface area contributed by atoms with Crippen molar-refractivity contribution in [3.05, 3.63) is 58.9 Å². The Hall–Kier alpha value is -2.60. The number of amides is 1. The van der Waals surface area contributed by atoms with Crippen LogP contribution in [0.3, 0.4) is 0 Å². The van der Waals surface area contributed by atoms with Crippen molar-refractivity contribution in [3.63, 3.8) is 0 Å². The normalized spacial score (nSPS) is 11.5. The Morgan fingerprint density at radius 1 is 1.23 bits per heavy atom. The predicted molar refractivity (Wildman–Crippen MR) is 96.9 cm³/mol. The number of aryl methyl sites for hydroxylation is 1. The highest BCUT2D eigenvalue weighted by Crippen LogP contribution is 2.19. The van der Waals surface area contributed by atoms with E-state index in [9.17, 15) is 14.0 Å². The lowest BCUT2D eigenvalue weighted by Gasteiger charge is -2.14. The summed E-state index contributed by atoms with van der Waals surface area (Å²) in [5.41, 5.74) is 1.01. The first-order valence-electron chi connectivity index (χ1n) is 8.00. The van der Waals surface area contributed by atoms with Gasteiger partial charge in [0.15, 0.2) is 6.10 Å². The summed E-state index contributed by atoms with van der Waals surface area (Å²) in [6.45, 7) is 3.47. The Balaban J connectivity index is 1.77. The lowest BCUT2D eigenvalue weighted by molar-refractivity contribution is -0.153. The molecular weight excluding hydrogens is 361 g/mol. The molecule has 7 heteroatoms. The van der Waals surface area contributed by atoms with Crippen molar-refractivity contribution in [2.75, 3.05) is 11.9 Å². The molecule has 0 aromatic heterocycles. The highest BCUT2D eigenvalue weighted by molar-refractivity contribution is 6.30. The molecule has 0 aliphatic carbocycles. The highest BCUT2D eigenvalue weighted by Gasteiger charge is 2.19. The Morgan fingerprint density at radius 2 is 2.00 bits per heavy atom. The number of nitrogens with one attached hydrogen (secondary N) is 1. The van der Waals surface area contributed by atoms with Crippen LogP contribution in [0.25, 0.3) is 0 Å². The van der Waals surface area contributed by atoms with Crippen molar-refractivity contribution in [2.45, 2.75) is 26.4 Å². The molecule has 26 heavy (non-hydrogen) atoms. The minimum absolute atomic E-state index is 0.0130. The Labute approximate surface area is 156 Å². The van der Waals surface area contributed by atoms with E-state index in [-0.39, 0.29) is 23.7 Å². The van der Waals surface area contributed by atoms with Gasteiger partial charge in [-0.05, 0) is 49.7 Å². The zero-order chi connectivity index (χ0) is 19.1. The molecule has 2 aromatic rings. The molecule has 1 amide bonds. The summed E-state index contributed by atoms with van der Waals surface area (Å²) in [4.78, 5) is 23.8. The van der Waals surface area contributed by atoms with Gasteiger partial charge in [0.2, 0.25) is 0 Å². The van der Waals surface area contributed by atoms with Crippen LogP contribution < -0.4 is 10.1 Å². The van der Waals surface area contributed by atoms with E-state index in [0.29, 0.717) is 5.75 Å². The van der Waals surface area contributed by atoms with Gasteiger partial charge in [-0.3, -0.25) is 9.59 Å². The molecule has 1 N–H and O–H groups in total. The van der Waals surface area contributed by atoms with Gasteiger partial charge in [-0.1, -0.05) is 23.7 Å². The summed E-state index contributed by atoms with van der Waals surface area (Å²) in [6.07, 6.45) is -1.09. The van der Waals surface area contributed by atoms with Crippen molar-refractivity contribution in [1.82, 2.24) is 0 Å². The number of hydrogen-bond donors (Lipinski definition) is 1. The summed E-state index contributed by atoms with van der Waals surface area (Å²) in [5, 5.41) is 2.57. The van der Waals surface area contributed by atoms with Crippen LogP contribution >= 0.6 is 11.6 Å². The zero-order valence-electron chi connectivity index (χ0n) is 14.4. The van der Waals surface area contributed by atoms with E-state index in [2.05, 4.69) is 5.32 Å². The van der Waals surface area contributed by atoms with E-state index in [4.69, 9.17) is 21.1 Å². The Morgan fingerprint density at radius 3 is 2.69 bits per heavy atom. The van der Waals surface area contributed by atoms with Crippen LogP contribution in [0, 0.1) is 12.7 Å². The van der Waals surface area contributed by atoms with Crippen molar-refractivity contribution in [1.29, 1.82) is 0 Å². The molecule has 0 fully saturated rings. The zero-order valence-corrected chi connectivity index (χ0v) is 15.2. The third-order valence-electron chi connectivity index (χ3n) is 3.43. The number of ether oxygens (including phenoxy) is 2. The summed E-state index contributed by atoms with van der Waals surface area (Å²) >= 11 is 5.65. The average molecular weight is 380 g/mol. The number of anilines is 1. The van der Waals surface area contributed by atoms with E-state index < -0.39 is 23.8 Å². The number of rotatable bonds is 7. The Kier molecular flexibility index (Phi) is 6.97. The second-order valence-corrected chi connectivity index (χ2v) is 6.10. The van der Waals surface area contributed by atoms with Crippen LogP contribution in [0.2, 0.25) is 5.02 Å². The number of halogens is 2. The molecule has 0 saturated heterocycles. The molecule has 0 aliphatic heterocycles. The smallest absolute Gasteiger partial charge is 0.310 e. The number of benzene rings is 2.